The maximum absolute atomic E-state index is 13.1. The molecule has 3 heterocycles. The fourth-order valence-corrected chi connectivity index (χ4v) is 4.18. The van der Waals surface area contributed by atoms with Crippen LogP contribution < -0.4 is 5.69 Å². The summed E-state index contributed by atoms with van der Waals surface area (Å²) in [5, 5.41) is 2.00. The van der Waals surface area contributed by atoms with Gasteiger partial charge in [-0.25, -0.2) is 4.79 Å². The first-order chi connectivity index (χ1) is 12.7. The van der Waals surface area contributed by atoms with Crippen LogP contribution in [0.4, 0.5) is 0 Å². The third-order valence-corrected chi connectivity index (χ3v) is 5.64. The number of piperidine rings is 1. The number of hydrogen-bond acceptors (Lipinski definition) is 3. The number of thiophene rings is 1. The van der Waals surface area contributed by atoms with Gasteiger partial charge in [0.05, 0.1) is 12.2 Å². The van der Waals surface area contributed by atoms with E-state index < -0.39 is 0 Å². The van der Waals surface area contributed by atoms with Crippen LogP contribution in [0.2, 0.25) is 0 Å². The Hall–Kier alpha value is -2.60. The Morgan fingerprint density at radius 2 is 1.81 bits per heavy atom. The molecule has 0 radical (unpaired) electrons. The van der Waals surface area contributed by atoms with Gasteiger partial charge >= 0.3 is 5.69 Å². The molecule has 0 unspecified atom stereocenters. The minimum absolute atomic E-state index is 0.0782. The second-order valence-electron chi connectivity index (χ2n) is 6.54. The number of nitrogens with zero attached hydrogens (tertiary/aromatic N) is 2. The van der Waals surface area contributed by atoms with Crippen molar-refractivity contribution in [1.29, 1.82) is 0 Å². The van der Waals surface area contributed by atoms with Gasteiger partial charge in [0.1, 0.15) is 5.69 Å². The minimum atomic E-state index is -0.238. The van der Waals surface area contributed by atoms with E-state index in [9.17, 15) is 9.59 Å². The molecule has 5 nitrogen and oxygen atoms in total. The second-order valence-corrected chi connectivity index (χ2v) is 7.57. The summed E-state index contributed by atoms with van der Waals surface area (Å²) >= 11 is 1.61. The molecule has 0 aliphatic carbocycles. The summed E-state index contributed by atoms with van der Waals surface area (Å²) in [4.78, 5) is 31.6. The lowest BCUT2D eigenvalue weighted by Gasteiger charge is -2.26. The molecule has 6 heteroatoms. The Kier molecular flexibility index (Phi) is 4.75. The number of rotatable bonds is 4. The number of nitrogens with one attached hydrogen (secondary N) is 1. The van der Waals surface area contributed by atoms with Crippen molar-refractivity contribution in [2.45, 2.75) is 25.8 Å². The first-order valence-corrected chi connectivity index (χ1v) is 9.82. The van der Waals surface area contributed by atoms with E-state index in [0.29, 0.717) is 17.9 Å². The van der Waals surface area contributed by atoms with E-state index in [4.69, 9.17) is 0 Å². The first kappa shape index (κ1) is 16.8. The summed E-state index contributed by atoms with van der Waals surface area (Å²) < 4.78 is 1.68. The highest BCUT2D eigenvalue weighted by Gasteiger charge is 2.26. The van der Waals surface area contributed by atoms with Gasteiger partial charge in [-0.2, -0.15) is 0 Å². The fourth-order valence-electron chi connectivity index (χ4n) is 3.49. The Labute approximate surface area is 155 Å². The number of aromatic amines is 1. The number of hydrogen-bond donors (Lipinski definition) is 1. The van der Waals surface area contributed by atoms with Gasteiger partial charge in [0.15, 0.2) is 0 Å². The van der Waals surface area contributed by atoms with Crippen molar-refractivity contribution in [1.82, 2.24) is 14.5 Å². The van der Waals surface area contributed by atoms with Crippen LogP contribution in [-0.2, 0) is 6.54 Å². The number of amides is 1. The highest BCUT2D eigenvalue weighted by molar-refractivity contribution is 7.09. The molecule has 0 saturated carbocycles. The van der Waals surface area contributed by atoms with Crippen molar-refractivity contribution in [3.8, 4) is 11.3 Å². The Bertz CT molecular complexity index is 935. The molecule has 1 amide bonds. The minimum Gasteiger partial charge on any atom is -0.337 e. The van der Waals surface area contributed by atoms with E-state index in [2.05, 4.69) is 4.98 Å². The summed E-state index contributed by atoms with van der Waals surface area (Å²) in [6, 6.07) is 13.7. The average Bonchev–Trinajstić information content (AvgIpc) is 3.31. The Morgan fingerprint density at radius 3 is 2.50 bits per heavy atom. The molecular weight excluding hydrogens is 346 g/mol. The lowest BCUT2D eigenvalue weighted by Crippen LogP contribution is -2.36. The maximum Gasteiger partial charge on any atom is 0.326 e. The molecule has 0 atom stereocenters. The number of likely N-dealkylation sites (tertiary alicyclic amines) is 1. The fraction of sp³-hybridized carbons (Fsp3) is 0.300. The van der Waals surface area contributed by atoms with Crippen molar-refractivity contribution in [2.75, 3.05) is 13.1 Å². The van der Waals surface area contributed by atoms with Crippen LogP contribution in [0, 0.1) is 0 Å². The number of aromatic nitrogens is 2. The highest BCUT2D eigenvalue weighted by Crippen LogP contribution is 2.25. The second kappa shape index (κ2) is 7.33. The van der Waals surface area contributed by atoms with Gasteiger partial charge in [-0.05, 0) is 30.7 Å². The van der Waals surface area contributed by atoms with Gasteiger partial charge in [-0.15, -0.1) is 11.3 Å². The molecule has 134 valence electrons. The maximum atomic E-state index is 13.1. The van der Waals surface area contributed by atoms with E-state index in [-0.39, 0.29) is 11.6 Å². The smallest absolute Gasteiger partial charge is 0.326 e. The SMILES string of the molecule is O=C(c1[nH]c(=O)n(Cc2cccs2)c1-c1ccccc1)N1CCCCC1. The van der Waals surface area contributed by atoms with Gasteiger partial charge in [0.2, 0.25) is 0 Å². The predicted octanol–water partition coefficient (Wildman–Crippen LogP) is 3.58. The summed E-state index contributed by atoms with van der Waals surface area (Å²) in [5.41, 5.74) is 1.72. The number of H-pyrrole nitrogens is 1. The lowest BCUT2D eigenvalue weighted by atomic mass is 10.1. The van der Waals surface area contributed by atoms with Gasteiger partial charge in [0, 0.05) is 23.5 Å². The van der Waals surface area contributed by atoms with Gasteiger partial charge in [-0.3, -0.25) is 9.36 Å². The molecule has 1 N–H and O–H groups in total. The van der Waals surface area contributed by atoms with Crippen LogP contribution >= 0.6 is 11.3 Å². The van der Waals surface area contributed by atoms with Crippen molar-refractivity contribution in [2.24, 2.45) is 0 Å². The normalized spacial score (nSPS) is 14.5. The Balaban J connectivity index is 1.80. The number of benzene rings is 1. The predicted molar refractivity (Wildman–Crippen MR) is 104 cm³/mol. The molecule has 4 rings (SSSR count). The topological polar surface area (TPSA) is 58.1 Å². The third kappa shape index (κ3) is 3.24. The van der Waals surface area contributed by atoms with E-state index >= 15 is 0 Å². The van der Waals surface area contributed by atoms with E-state index in [0.717, 1.165) is 42.8 Å². The number of carbonyl (C=O) groups excluding carboxylic acids is 1. The molecule has 3 aromatic rings. The average molecular weight is 367 g/mol. The molecule has 0 spiro atoms. The van der Waals surface area contributed by atoms with Crippen molar-refractivity contribution in [3.05, 3.63) is 68.9 Å². The molecule has 0 bridgehead atoms. The summed E-state index contributed by atoms with van der Waals surface area (Å²) in [6.07, 6.45) is 3.20. The van der Waals surface area contributed by atoms with Crippen LogP contribution in [0.1, 0.15) is 34.6 Å². The van der Waals surface area contributed by atoms with Gasteiger partial charge < -0.3 is 9.88 Å². The molecule has 1 fully saturated rings. The van der Waals surface area contributed by atoms with Gasteiger partial charge in [0.25, 0.3) is 5.91 Å². The molecule has 26 heavy (non-hydrogen) atoms. The summed E-state index contributed by atoms with van der Waals surface area (Å²) in [6.45, 7) is 1.97. The Morgan fingerprint density at radius 1 is 1.04 bits per heavy atom. The van der Waals surface area contributed by atoms with Crippen LogP contribution in [-0.4, -0.2) is 33.4 Å². The summed E-state index contributed by atoms with van der Waals surface area (Å²) in [5.74, 6) is -0.0782. The van der Waals surface area contributed by atoms with Crippen LogP contribution in [0.15, 0.2) is 52.6 Å². The van der Waals surface area contributed by atoms with E-state index in [1.54, 1.807) is 15.9 Å². The number of imidazole rings is 1. The molecule has 1 aliphatic heterocycles. The molecule has 1 aliphatic rings. The quantitative estimate of drug-likeness (QED) is 0.766. The van der Waals surface area contributed by atoms with Crippen molar-refractivity contribution in [3.63, 3.8) is 0 Å². The van der Waals surface area contributed by atoms with Crippen LogP contribution in [0.25, 0.3) is 11.3 Å². The molecule has 1 saturated heterocycles. The van der Waals surface area contributed by atoms with Crippen LogP contribution in [0.3, 0.4) is 0 Å². The zero-order valence-electron chi connectivity index (χ0n) is 14.5. The zero-order valence-corrected chi connectivity index (χ0v) is 15.3. The monoisotopic (exact) mass is 367 g/mol. The molecular formula is C20H21N3O2S. The molecule has 2 aromatic heterocycles. The highest BCUT2D eigenvalue weighted by atomic mass is 32.1. The molecule has 1 aromatic carbocycles. The number of carbonyl (C=O) groups is 1. The van der Waals surface area contributed by atoms with Gasteiger partial charge in [-0.1, -0.05) is 36.4 Å². The van der Waals surface area contributed by atoms with E-state index in [1.807, 2.05) is 52.7 Å². The standard InChI is InChI=1S/C20H21N3O2S/c24-19(22-11-5-2-6-12-22)17-18(15-8-3-1-4-9-15)23(20(25)21-17)14-16-10-7-13-26-16/h1,3-4,7-10,13H,2,5-6,11-12,14H2,(H,21,25). The van der Waals surface area contributed by atoms with Crippen molar-refractivity contribution < 1.29 is 4.79 Å². The van der Waals surface area contributed by atoms with Crippen molar-refractivity contribution >= 4 is 17.2 Å². The third-order valence-electron chi connectivity index (χ3n) is 4.78. The zero-order chi connectivity index (χ0) is 17.9. The summed E-state index contributed by atoms with van der Waals surface area (Å²) in [7, 11) is 0. The lowest BCUT2D eigenvalue weighted by molar-refractivity contribution is 0.0719. The van der Waals surface area contributed by atoms with Crippen LogP contribution in [0.5, 0.6) is 0 Å². The largest absolute Gasteiger partial charge is 0.337 e. The van der Waals surface area contributed by atoms with E-state index in [1.165, 1.54) is 0 Å². The first-order valence-electron chi connectivity index (χ1n) is 8.94.